The van der Waals surface area contributed by atoms with Gasteiger partial charge in [-0.05, 0) is 42.0 Å². The standard InChI is InChI=1S/C13H13F3N2OS/c14-13(15,16)9-1-2-10-11(5-9)18(12(19)17-10)6-8-3-4-20-7-8/h1-2,5,8H,3-4,6-7H2,(H,17,19). The molecule has 0 radical (unpaired) electrons. The zero-order valence-corrected chi connectivity index (χ0v) is 11.4. The van der Waals surface area contributed by atoms with Crippen molar-refractivity contribution in [3.05, 3.63) is 34.2 Å². The van der Waals surface area contributed by atoms with Crippen LogP contribution in [0.4, 0.5) is 13.2 Å². The molecule has 0 bridgehead atoms. The smallest absolute Gasteiger partial charge is 0.306 e. The van der Waals surface area contributed by atoms with Gasteiger partial charge in [0.2, 0.25) is 0 Å². The van der Waals surface area contributed by atoms with Gasteiger partial charge < -0.3 is 4.98 Å². The number of hydrogen-bond donors (Lipinski definition) is 1. The Morgan fingerprint density at radius 3 is 2.85 bits per heavy atom. The van der Waals surface area contributed by atoms with Crippen molar-refractivity contribution in [3.63, 3.8) is 0 Å². The van der Waals surface area contributed by atoms with Crippen LogP contribution in [0.25, 0.3) is 11.0 Å². The van der Waals surface area contributed by atoms with Crippen molar-refractivity contribution in [2.75, 3.05) is 11.5 Å². The molecule has 2 aromatic rings. The van der Waals surface area contributed by atoms with E-state index in [4.69, 9.17) is 0 Å². The maximum atomic E-state index is 12.8. The van der Waals surface area contributed by atoms with E-state index in [1.54, 1.807) is 0 Å². The Bertz CT molecular complexity index is 683. The number of imidazole rings is 1. The van der Waals surface area contributed by atoms with E-state index in [2.05, 4.69) is 4.98 Å². The molecule has 1 aromatic carbocycles. The summed E-state index contributed by atoms with van der Waals surface area (Å²) in [6, 6.07) is 3.36. The van der Waals surface area contributed by atoms with Gasteiger partial charge >= 0.3 is 11.9 Å². The number of nitrogens with zero attached hydrogens (tertiary/aromatic N) is 1. The number of rotatable bonds is 2. The van der Waals surface area contributed by atoms with E-state index in [0.717, 1.165) is 30.1 Å². The molecule has 1 unspecified atom stereocenters. The molecule has 0 amide bonds. The second kappa shape index (κ2) is 4.87. The number of fused-ring (bicyclic) bond motifs is 1. The van der Waals surface area contributed by atoms with E-state index in [9.17, 15) is 18.0 Å². The molecule has 0 spiro atoms. The highest BCUT2D eigenvalue weighted by molar-refractivity contribution is 7.99. The predicted molar refractivity (Wildman–Crippen MR) is 73.0 cm³/mol. The molecule has 108 valence electrons. The monoisotopic (exact) mass is 302 g/mol. The van der Waals surface area contributed by atoms with Crippen LogP contribution in [0.1, 0.15) is 12.0 Å². The highest BCUT2D eigenvalue weighted by Gasteiger charge is 2.31. The van der Waals surface area contributed by atoms with Gasteiger partial charge in [-0.25, -0.2) is 4.79 Å². The average Bonchev–Trinajstić information content (AvgIpc) is 2.97. The number of H-pyrrole nitrogens is 1. The van der Waals surface area contributed by atoms with E-state index in [1.807, 2.05) is 11.8 Å². The SMILES string of the molecule is O=c1[nH]c2ccc(C(F)(F)F)cc2n1CC1CCSC1. The molecule has 0 aliphatic carbocycles. The highest BCUT2D eigenvalue weighted by Crippen LogP contribution is 2.31. The lowest BCUT2D eigenvalue weighted by atomic mass is 10.1. The lowest BCUT2D eigenvalue weighted by Gasteiger charge is -2.11. The summed E-state index contributed by atoms with van der Waals surface area (Å²) >= 11 is 1.82. The van der Waals surface area contributed by atoms with Crippen molar-refractivity contribution < 1.29 is 13.2 Å². The Hall–Kier alpha value is -1.37. The molecule has 1 atom stereocenters. The average molecular weight is 302 g/mol. The Morgan fingerprint density at radius 2 is 2.20 bits per heavy atom. The van der Waals surface area contributed by atoms with Gasteiger partial charge in [0.05, 0.1) is 16.6 Å². The predicted octanol–water partition coefficient (Wildman–Crippen LogP) is 3.10. The number of halogens is 3. The fraction of sp³-hybridized carbons (Fsp3) is 0.462. The molecular weight excluding hydrogens is 289 g/mol. The van der Waals surface area contributed by atoms with Crippen LogP contribution in [-0.4, -0.2) is 21.1 Å². The van der Waals surface area contributed by atoms with Crippen LogP contribution in [0.5, 0.6) is 0 Å². The Kier molecular flexibility index (Phi) is 3.32. The molecule has 1 aromatic heterocycles. The van der Waals surface area contributed by atoms with Gasteiger partial charge in [0.25, 0.3) is 0 Å². The summed E-state index contributed by atoms with van der Waals surface area (Å²) in [5, 5.41) is 0. The first-order valence-corrected chi connectivity index (χ1v) is 7.48. The number of thioether (sulfide) groups is 1. The molecule has 1 fully saturated rings. The Labute approximate surface area is 117 Å². The quantitative estimate of drug-likeness (QED) is 0.925. The largest absolute Gasteiger partial charge is 0.416 e. The third-order valence-corrected chi connectivity index (χ3v) is 4.80. The molecule has 7 heteroatoms. The number of aromatic nitrogens is 2. The summed E-state index contributed by atoms with van der Waals surface area (Å²) in [5.41, 5.74) is -0.273. The van der Waals surface area contributed by atoms with E-state index >= 15 is 0 Å². The molecule has 20 heavy (non-hydrogen) atoms. The normalized spacial score (nSPS) is 19.9. The summed E-state index contributed by atoms with van der Waals surface area (Å²) in [7, 11) is 0. The van der Waals surface area contributed by atoms with E-state index in [0.29, 0.717) is 23.5 Å². The fourth-order valence-electron chi connectivity index (χ4n) is 2.50. The van der Waals surface area contributed by atoms with E-state index < -0.39 is 11.7 Å². The van der Waals surface area contributed by atoms with Gasteiger partial charge in [-0.15, -0.1) is 0 Å². The maximum absolute atomic E-state index is 12.8. The molecule has 3 nitrogen and oxygen atoms in total. The molecule has 1 saturated heterocycles. The third-order valence-electron chi connectivity index (χ3n) is 3.57. The number of alkyl halides is 3. The fourth-order valence-corrected chi connectivity index (χ4v) is 3.77. The van der Waals surface area contributed by atoms with Gasteiger partial charge in [-0.3, -0.25) is 4.57 Å². The molecule has 2 heterocycles. The molecule has 1 aliphatic heterocycles. The van der Waals surface area contributed by atoms with Crippen molar-refractivity contribution in [1.82, 2.24) is 9.55 Å². The minimum atomic E-state index is -4.39. The summed E-state index contributed by atoms with van der Waals surface area (Å²) in [6.45, 7) is 0.479. The van der Waals surface area contributed by atoms with Crippen LogP contribution >= 0.6 is 11.8 Å². The Balaban J connectivity index is 2.05. The number of benzene rings is 1. The van der Waals surface area contributed by atoms with Crippen molar-refractivity contribution in [1.29, 1.82) is 0 Å². The number of hydrogen-bond acceptors (Lipinski definition) is 2. The topological polar surface area (TPSA) is 37.8 Å². The highest BCUT2D eigenvalue weighted by atomic mass is 32.2. The van der Waals surface area contributed by atoms with Crippen molar-refractivity contribution in [2.45, 2.75) is 19.1 Å². The maximum Gasteiger partial charge on any atom is 0.416 e. The van der Waals surface area contributed by atoms with Crippen molar-refractivity contribution in [2.24, 2.45) is 5.92 Å². The van der Waals surface area contributed by atoms with E-state index in [1.165, 1.54) is 10.6 Å². The van der Waals surface area contributed by atoms with Crippen LogP contribution < -0.4 is 5.69 Å². The van der Waals surface area contributed by atoms with Gasteiger partial charge in [-0.2, -0.15) is 24.9 Å². The lowest BCUT2D eigenvalue weighted by Crippen LogP contribution is -2.21. The third kappa shape index (κ3) is 2.46. The van der Waals surface area contributed by atoms with Crippen LogP contribution in [0.3, 0.4) is 0 Å². The van der Waals surface area contributed by atoms with Gasteiger partial charge in [-0.1, -0.05) is 0 Å². The second-order valence-corrected chi connectivity index (χ2v) is 6.15. The number of nitrogens with one attached hydrogen (secondary N) is 1. The van der Waals surface area contributed by atoms with Crippen LogP contribution in [-0.2, 0) is 12.7 Å². The second-order valence-electron chi connectivity index (χ2n) is 5.00. The molecule has 0 saturated carbocycles. The zero-order chi connectivity index (χ0) is 14.3. The summed E-state index contributed by atoms with van der Waals surface area (Å²) in [6.07, 6.45) is -3.39. The van der Waals surface area contributed by atoms with Crippen LogP contribution in [0.15, 0.2) is 23.0 Å². The molecular formula is C13H13F3N2OS. The van der Waals surface area contributed by atoms with Crippen molar-refractivity contribution >= 4 is 22.8 Å². The molecule has 3 rings (SSSR count). The van der Waals surface area contributed by atoms with Gasteiger partial charge in [0.1, 0.15) is 0 Å². The minimum absolute atomic E-state index is 0.335. The first kappa shape index (κ1) is 13.6. The number of aromatic amines is 1. The van der Waals surface area contributed by atoms with Crippen LogP contribution in [0.2, 0.25) is 0 Å². The first-order valence-electron chi connectivity index (χ1n) is 6.32. The summed E-state index contributed by atoms with van der Waals surface area (Å²) in [4.78, 5) is 14.5. The Morgan fingerprint density at radius 1 is 1.40 bits per heavy atom. The minimum Gasteiger partial charge on any atom is -0.306 e. The first-order chi connectivity index (χ1) is 9.45. The van der Waals surface area contributed by atoms with Gasteiger partial charge in [0, 0.05) is 6.54 Å². The van der Waals surface area contributed by atoms with Crippen molar-refractivity contribution in [3.8, 4) is 0 Å². The van der Waals surface area contributed by atoms with Crippen LogP contribution in [0, 0.1) is 5.92 Å². The van der Waals surface area contributed by atoms with E-state index in [-0.39, 0.29) is 5.69 Å². The molecule has 1 aliphatic rings. The summed E-state index contributed by atoms with van der Waals surface area (Å²) < 4.78 is 39.7. The summed E-state index contributed by atoms with van der Waals surface area (Å²) in [5.74, 6) is 2.36. The molecule has 1 N–H and O–H groups in total. The van der Waals surface area contributed by atoms with Gasteiger partial charge in [0.15, 0.2) is 0 Å². The lowest BCUT2D eigenvalue weighted by molar-refractivity contribution is -0.137. The zero-order valence-electron chi connectivity index (χ0n) is 10.5.